The van der Waals surface area contributed by atoms with Gasteiger partial charge >= 0.3 is 0 Å². The van der Waals surface area contributed by atoms with Crippen molar-refractivity contribution in [3.05, 3.63) is 0 Å². The molecule has 1 heteroatoms. The fraction of sp³-hybridized carbons (Fsp3) is 1.00. The summed E-state index contributed by atoms with van der Waals surface area (Å²) in [4.78, 5) is 0. The second-order valence-electron chi connectivity index (χ2n) is 4.06. The van der Waals surface area contributed by atoms with Gasteiger partial charge in [0.2, 0.25) is 0 Å². The summed E-state index contributed by atoms with van der Waals surface area (Å²) in [6.45, 7) is 6.98. The number of unbranched alkanes of at least 4 members (excludes halogenated alkanes) is 2. The molecule has 80 valence electrons. The molecule has 0 aromatic rings. The van der Waals surface area contributed by atoms with Crippen molar-refractivity contribution in [2.75, 3.05) is 5.88 Å². The zero-order valence-corrected chi connectivity index (χ0v) is 10.3. The zero-order chi connectivity index (χ0) is 10.2. The predicted molar refractivity (Wildman–Crippen MR) is 62.5 cm³/mol. The van der Waals surface area contributed by atoms with Gasteiger partial charge in [0, 0.05) is 5.88 Å². The molecule has 0 saturated carbocycles. The Morgan fingerprint density at radius 3 is 1.77 bits per heavy atom. The fourth-order valence-electron chi connectivity index (χ4n) is 2.05. The highest BCUT2D eigenvalue weighted by molar-refractivity contribution is 6.17. The standard InChI is InChI=1S/C12H25Cl/c1-4-12(5-2,6-3)10-8-7-9-11-13/h4-11H2,1-3H3. The van der Waals surface area contributed by atoms with Crippen molar-refractivity contribution >= 4 is 11.6 Å². The van der Waals surface area contributed by atoms with Crippen LogP contribution in [-0.2, 0) is 0 Å². The third-order valence-electron chi connectivity index (χ3n) is 3.59. The van der Waals surface area contributed by atoms with Crippen LogP contribution in [0.2, 0.25) is 0 Å². The molecule has 0 aliphatic rings. The number of hydrogen-bond donors (Lipinski definition) is 0. The largest absolute Gasteiger partial charge is 0.127 e. The molecule has 0 heterocycles. The monoisotopic (exact) mass is 204 g/mol. The van der Waals surface area contributed by atoms with Crippen molar-refractivity contribution in [3.8, 4) is 0 Å². The molecule has 0 radical (unpaired) electrons. The maximum Gasteiger partial charge on any atom is 0.0223 e. The Hall–Kier alpha value is 0.290. The van der Waals surface area contributed by atoms with Crippen LogP contribution in [0, 0.1) is 5.41 Å². The molecular weight excluding hydrogens is 180 g/mol. The average molecular weight is 205 g/mol. The first-order chi connectivity index (χ1) is 6.24. The van der Waals surface area contributed by atoms with E-state index < -0.39 is 0 Å². The van der Waals surface area contributed by atoms with E-state index in [1.165, 1.54) is 44.9 Å². The Balaban J connectivity index is 3.68. The zero-order valence-electron chi connectivity index (χ0n) is 9.53. The van der Waals surface area contributed by atoms with Crippen molar-refractivity contribution in [2.45, 2.75) is 65.7 Å². The Morgan fingerprint density at radius 1 is 0.846 bits per heavy atom. The van der Waals surface area contributed by atoms with Gasteiger partial charge in [-0.25, -0.2) is 0 Å². The van der Waals surface area contributed by atoms with Crippen LogP contribution in [0.15, 0.2) is 0 Å². The lowest BCUT2D eigenvalue weighted by Crippen LogP contribution is -2.17. The highest BCUT2D eigenvalue weighted by Crippen LogP contribution is 2.35. The molecule has 0 bridgehead atoms. The molecular formula is C12H25Cl. The maximum atomic E-state index is 5.65. The summed E-state index contributed by atoms with van der Waals surface area (Å²) in [7, 11) is 0. The number of halogens is 1. The summed E-state index contributed by atoms with van der Waals surface area (Å²) >= 11 is 5.65. The van der Waals surface area contributed by atoms with E-state index in [2.05, 4.69) is 20.8 Å². The van der Waals surface area contributed by atoms with Gasteiger partial charge in [-0.3, -0.25) is 0 Å². The summed E-state index contributed by atoms with van der Waals surface area (Å²) in [6, 6.07) is 0. The minimum Gasteiger partial charge on any atom is -0.127 e. The molecule has 0 spiro atoms. The average Bonchev–Trinajstić information content (AvgIpc) is 2.20. The Bertz CT molecular complexity index is 97.4. The van der Waals surface area contributed by atoms with Crippen molar-refractivity contribution in [1.29, 1.82) is 0 Å². The molecule has 0 aliphatic carbocycles. The van der Waals surface area contributed by atoms with Crippen LogP contribution >= 0.6 is 11.6 Å². The molecule has 0 aromatic carbocycles. The first-order valence-electron chi connectivity index (χ1n) is 5.80. The van der Waals surface area contributed by atoms with Gasteiger partial charge in [-0.05, 0) is 18.3 Å². The van der Waals surface area contributed by atoms with E-state index in [1.807, 2.05) is 0 Å². The van der Waals surface area contributed by atoms with Gasteiger partial charge in [-0.15, -0.1) is 11.6 Å². The minimum atomic E-state index is 0.631. The summed E-state index contributed by atoms with van der Waals surface area (Å²) in [6.07, 6.45) is 9.26. The van der Waals surface area contributed by atoms with Gasteiger partial charge in [-0.1, -0.05) is 52.9 Å². The van der Waals surface area contributed by atoms with Gasteiger partial charge < -0.3 is 0 Å². The van der Waals surface area contributed by atoms with Crippen molar-refractivity contribution in [3.63, 3.8) is 0 Å². The molecule has 0 unspecified atom stereocenters. The normalized spacial score (nSPS) is 12.0. The Morgan fingerprint density at radius 2 is 1.38 bits per heavy atom. The summed E-state index contributed by atoms with van der Waals surface area (Å²) in [5.41, 5.74) is 0.631. The highest BCUT2D eigenvalue weighted by Gasteiger charge is 2.22. The number of alkyl halides is 1. The van der Waals surface area contributed by atoms with E-state index in [-0.39, 0.29) is 0 Å². The molecule has 0 N–H and O–H groups in total. The van der Waals surface area contributed by atoms with Gasteiger partial charge in [0.05, 0.1) is 0 Å². The molecule has 0 aromatic heterocycles. The van der Waals surface area contributed by atoms with Gasteiger partial charge in [0.1, 0.15) is 0 Å². The fourth-order valence-corrected chi connectivity index (χ4v) is 2.24. The maximum absolute atomic E-state index is 5.65. The van der Waals surface area contributed by atoms with Gasteiger partial charge in [-0.2, -0.15) is 0 Å². The lowest BCUT2D eigenvalue weighted by molar-refractivity contribution is 0.221. The molecule has 13 heavy (non-hydrogen) atoms. The first-order valence-corrected chi connectivity index (χ1v) is 6.34. The van der Waals surface area contributed by atoms with Crippen molar-refractivity contribution in [2.24, 2.45) is 5.41 Å². The van der Waals surface area contributed by atoms with E-state index in [1.54, 1.807) is 0 Å². The van der Waals surface area contributed by atoms with E-state index in [4.69, 9.17) is 11.6 Å². The van der Waals surface area contributed by atoms with Crippen LogP contribution in [0.5, 0.6) is 0 Å². The van der Waals surface area contributed by atoms with Crippen LogP contribution in [0.25, 0.3) is 0 Å². The van der Waals surface area contributed by atoms with Crippen molar-refractivity contribution in [1.82, 2.24) is 0 Å². The molecule has 0 aliphatic heterocycles. The Labute approximate surface area is 89.1 Å². The second-order valence-corrected chi connectivity index (χ2v) is 4.44. The topological polar surface area (TPSA) is 0 Å². The predicted octanol–water partition coefficient (Wildman–Crippen LogP) is 5.00. The van der Waals surface area contributed by atoms with Crippen LogP contribution in [0.1, 0.15) is 65.7 Å². The Kier molecular flexibility index (Phi) is 7.84. The highest BCUT2D eigenvalue weighted by atomic mass is 35.5. The van der Waals surface area contributed by atoms with E-state index >= 15 is 0 Å². The van der Waals surface area contributed by atoms with Crippen LogP contribution in [-0.4, -0.2) is 5.88 Å². The van der Waals surface area contributed by atoms with Gasteiger partial charge in [0.15, 0.2) is 0 Å². The van der Waals surface area contributed by atoms with Crippen LogP contribution in [0.3, 0.4) is 0 Å². The summed E-state index contributed by atoms with van der Waals surface area (Å²) < 4.78 is 0. The third-order valence-corrected chi connectivity index (χ3v) is 3.86. The summed E-state index contributed by atoms with van der Waals surface area (Å²) in [5.74, 6) is 0.831. The molecule has 0 rings (SSSR count). The molecule has 0 fully saturated rings. The first kappa shape index (κ1) is 13.3. The van der Waals surface area contributed by atoms with Crippen molar-refractivity contribution < 1.29 is 0 Å². The molecule has 0 atom stereocenters. The smallest absolute Gasteiger partial charge is 0.0223 e. The second kappa shape index (κ2) is 7.67. The summed E-state index contributed by atoms with van der Waals surface area (Å²) in [5, 5.41) is 0. The molecule has 0 amide bonds. The van der Waals surface area contributed by atoms with Gasteiger partial charge in [0.25, 0.3) is 0 Å². The SMILES string of the molecule is CCC(CC)(CC)CCCCCCl. The van der Waals surface area contributed by atoms with E-state index in [0.717, 1.165) is 5.88 Å². The third kappa shape index (κ3) is 4.90. The lowest BCUT2D eigenvalue weighted by Gasteiger charge is -2.30. The van der Waals surface area contributed by atoms with Crippen LogP contribution < -0.4 is 0 Å². The number of hydrogen-bond acceptors (Lipinski definition) is 0. The molecule has 0 nitrogen and oxygen atoms in total. The number of rotatable bonds is 8. The lowest BCUT2D eigenvalue weighted by atomic mass is 9.76. The quantitative estimate of drug-likeness (QED) is 0.386. The van der Waals surface area contributed by atoms with Crippen LogP contribution in [0.4, 0.5) is 0 Å². The minimum absolute atomic E-state index is 0.631. The van der Waals surface area contributed by atoms with E-state index in [9.17, 15) is 0 Å². The van der Waals surface area contributed by atoms with E-state index in [0.29, 0.717) is 5.41 Å². The molecule has 0 saturated heterocycles.